The predicted molar refractivity (Wildman–Crippen MR) is 51.2 cm³/mol. The second kappa shape index (κ2) is 3.54. The van der Waals surface area contributed by atoms with Crippen LogP contribution in [0.3, 0.4) is 0 Å². The normalized spacial score (nSPS) is 16.0. The number of nitrogens with two attached hydrogens (primary N) is 1. The molecule has 0 fully saturated rings. The molecule has 1 rings (SSSR count). The van der Waals surface area contributed by atoms with Gasteiger partial charge in [-0.3, -0.25) is 0 Å². The van der Waals surface area contributed by atoms with E-state index in [9.17, 15) is 4.39 Å². The highest BCUT2D eigenvalue weighted by Crippen LogP contribution is 2.33. The van der Waals surface area contributed by atoms with Crippen LogP contribution in [-0.4, -0.2) is 6.54 Å². The Kier molecular flexibility index (Phi) is 2.85. The van der Waals surface area contributed by atoms with Gasteiger partial charge in [0.1, 0.15) is 0 Å². The van der Waals surface area contributed by atoms with Gasteiger partial charge >= 0.3 is 0 Å². The summed E-state index contributed by atoms with van der Waals surface area (Å²) in [5.41, 5.74) is 4.08. The smallest absolute Gasteiger partial charge is 0.156 e. The Labute approximate surface area is 76.4 Å². The summed E-state index contributed by atoms with van der Waals surface area (Å²) in [6.45, 7) is 3.87. The van der Waals surface area contributed by atoms with Gasteiger partial charge in [-0.05, 0) is 25.5 Å². The van der Waals surface area contributed by atoms with Crippen molar-refractivity contribution < 1.29 is 4.39 Å². The van der Waals surface area contributed by atoms with Crippen LogP contribution in [0.4, 0.5) is 4.39 Å². The van der Waals surface area contributed by atoms with E-state index in [1.165, 1.54) is 11.3 Å². The van der Waals surface area contributed by atoms with E-state index in [1.54, 1.807) is 0 Å². The Morgan fingerprint density at radius 2 is 2.25 bits per heavy atom. The fourth-order valence-corrected chi connectivity index (χ4v) is 2.12. The van der Waals surface area contributed by atoms with Gasteiger partial charge in [-0.25, -0.2) is 4.39 Å². The van der Waals surface area contributed by atoms with Crippen LogP contribution in [-0.2, 0) is 5.67 Å². The third-order valence-corrected chi connectivity index (χ3v) is 3.25. The number of thiophene rings is 1. The fraction of sp³-hybridized carbons (Fsp3) is 0.556. The molecule has 0 saturated carbocycles. The summed E-state index contributed by atoms with van der Waals surface area (Å²) in [6.07, 6.45) is 0.448. The largest absolute Gasteiger partial charge is 0.327 e. The number of hydrogen-bond donors (Lipinski definition) is 1. The number of aryl methyl sites for hydroxylation is 1. The average molecular weight is 187 g/mol. The minimum atomic E-state index is -1.31. The zero-order valence-corrected chi connectivity index (χ0v) is 8.25. The minimum Gasteiger partial charge on any atom is -0.327 e. The van der Waals surface area contributed by atoms with E-state index in [-0.39, 0.29) is 6.54 Å². The minimum absolute atomic E-state index is 0.0729. The Hall–Kier alpha value is -0.410. The van der Waals surface area contributed by atoms with Crippen LogP contribution in [0.1, 0.15) is 23.1 Å². The van der Waals surface area contributed by atoms with Crippen molar-refractivity contribution in [3.63, 3.8) is 0 Å². The standard InChI is InChI=1S/C9H14FNS/c1-3-9(10,6-11)8-5-4-7(2)12-8/h4-5H,3,6,11H2,1-2H3. The zero-order chi connectivity index (χ0) is 9.19. The van der Waals surface area contributed by atoms with Gasteiger partial charge < -0.3 is 5.73 Å². The van der Waals surface area contributed by atoms with Crippen molar-refractivity contribution in [2.45, 2.75) is 25.9 Å². The number of halogens is 1. The topological polar surface area (TPSA) is 26.0 Å². The van der Waals surface area contributed by atoms with Gasteiger partial charge in [-0.15, -0.1) is 11.3 Å². The van der Waals surface area contributed by atoms with Gasteiger partial charge in [0.25, 0.3) is 0 Å². The van der Waals surface area contributed by atoms with E-state index in [2.05, 4.69) is 0 Å². The molecule has 0 aliphatic carbocycles. The summed E-state index contributed by atoms with van der Waals surface area (Å²) in [5, 5.41) is 0. The van der Waals surface area contributed by atoms with E-state index in [0.29, 0.717) is 6.42 Å². The lowest BCUT2D eigenvalue weighted by atomic mass is 10.0. The van der Waals surface area contributed by atoms with Crippen molar-refractivity contribution in [1.29, 1.82) is 0 Å². The molecule has 0 aliphatic heterocycles. The second-order valence-electron chi connectivity index (χ2n) is 2.93. The SMILES string of the molecule is CCC(F)(CN)c1ccc(C)s1. The molecule has 1 unspecified atom stereocenters. The molecule has 0 aromatic carbocycles. The predicted octanol–water partition coefficient (Wildman–Crippen LogP) is 2.59. The van der Waals surface area contributed by atoms with Gasteiger partial charge in [-0.1, -0.05) is 6.92 Å². The highest BCUT2D eigenvalue weighted by atomic mass is 32.1. The number of rotatable bonds is 3. The maximum atomic E-state index is 13.9. The van der Waals surface area contributed by atoms with Gasteiger partial charge in [-0.2, -0.15) is 0 Å². The molecule has 1 aromatic heterocycles. The van der Waals surface area contributed by atoms with Gasteiger partial charge in [0.2, 0.25) is 0 Å². The van der Waals surface area contributed by atoms with Crippen LogP contribution in [0, 0.1) is 6.92 Å². The molecule has 1 atom stereocenters. The quantitative estimate of drug-likeness (QED) is 0.773. The monoisotopic (exact) mass is 187 g/mol. The van der Waals surface area contributed by atoms with Crippen LogP contribution in [0.15, 0.2) is 12.1 Å². The summed E-state index contributed by atoms with van der Waals surface area (Å²) in [4.78, 5) is 1.89. The van der Waals surface area contributed by atoms with Crippen LogP contribution in [0.2, 0.25) is 0 Å². The fourth-order valence-electron chi connectivity index (χ4n) is 1.09. The van der Waals surface area contributed by atoms with Gasteiger partial charge in [0, 0.05) is 16.3 Å². The van der Waals surface area contributed by atoms with Crippen LogP contribution >= 0.6 is 11.3 Å². The van der Waals surface area contributed by atoms with Crippen LogP contribution < -0.4 is 5.73 Å². The summed E-state index contributed by atoms with van der Waals surface area (Å²) < 4.78 is 13.9. The third-order valence-electron chi connectivity index (χ3n) is 2.07. The number of alkyl halides is 1. The maximum Gasteiger partial charge on any atom is 0.156 e. The molecule has 0 bridgehead atoms. The highest BCUT2D eigenvalue weighted by molar-refractivity contribution is 7.12. The molecule has 0 radical (unpaired) electrons. The Balaban J connectivity index is 2.94. The highest BCUT2D eigenvalue weighted by Gasteiger charge is 2.29. The molecule has 0 aliphatic rings. The molecule has 2 N–H and O–H groups in total. The van der Waals surface area contributed by atoms with Crippen molar-refractivity contribution >= 4 is 11.3 Å². The molecule has 0 saturated heterocycles. The molecule has 0 spiro atoms. The number of hydrogen-bond acceptors (Lipinski definition) is 2. The summed E-state index contributed by atoms with van der Waals surface area (Å²) in [5.74, 6) is 0. The van der Waals surface area contributed by atoms with Crippen molar-refractivity contribution in [1.82, 2.24) is 0 Å². The Bertz CT molecular complexity index is 253. The first-order valence-corrected chi connectivity index (χ1v) is 4.90. The van der Waals surface area contributed by atoms with E-state index < -0.39 is 5.67 Å². The molecule has 1 heterocycles. The lowest BCUT2D eigenvalue weighted by molar-refractivity contribution is 0.174. The Morgan fingerprint density at radius 1 is 1.58 bits per heavy atom. The molecule has 12 heavy (non-hydrogen) atoms. The van der Waals surface area contributed by atoms with E-state index in [1.807, 2.05) is 26.0 Å². The van der Waals surface area contributed by atoms with Crippen molar-refractivity contribution in [2.75, 3.05) is 6.54 Å². The Morgan fingerprint density at radius 3 is 2.58 bits per heavy atom. The van der Waals surface area contributed by atoms with E-state index in [4.69, 9.17) is 5.73 Å². The lowest BCUT2D eigenvalue weighted by Gasteiger charge is -2.19. The van der Waals surface area contributed by atoms with Crippen molar-refractivity contribution in [3.8, 4) is 0 Å². The second-order valence-corrected chi connectivity index (χ2v) is 4.22. The van der Waals surface area contributed by atoms with Crippen LogP contribution in [0.5, 0.6) is 0 Å². The first kappa shape index (κ1) is 9.68. The van der Waals surface area contributed by atoms with E-state index in [0.717, 1.165) is 9.75 Å². The first-order chi connectivity index (χ1) is 5.62. The summed E-state index contributed by atoms with van der Waals surface area (Å²) in [7, 11) is 0. The third kappa shape index (κ3) is 1.67. The molecular formula is C9H14FNS. The van der Waals surface area contributed by atoms with Gasteiger partial charge in [0.15, 0.2) is 5.67 Å². The molecule has 68 valence electrons. The average Bonchev–Trinajstić information content (AvgIpc) is 2.51. The summed E-state index contributed by atoms with van der Waals surface area (Å²) in [6, 6.07) is 3.76. The summed E-state index contributed by atoms with van der Waals surface area (Å²) >= 11 is 1.49. The van der Waals surface area contributed by atoms with E-state index >= 15 is 0 Å². The zero-order valence-electron chi connectivity index (χ0n) is 7.43. The molecule has 3 heteroatoms. The maximum absolute atomic E-state index is 13.9. The van der Waals surface area contributed by atoms with Gasteiger partial charge in [0.05, 0.1) is 0 Å². The first-order valence-electron chi connectivity index (χ1n) is 4.08. The lowest BCUT2D eigenvalue weighted by Crippen LogP contribution is -2.28. The van der Waals surface area contributed by atoms with Crippen molar-refractivity contribution in [3.05, 3.63) is 21.9 Å². The molecule has 1 nitrogen and oxygen atoms in total. The molecule has 1 aromatic rings. The molecule has 0 amide bonds. The molecular weight excluding hydrogens is 173 g/mol. The van der Waals surface area contributed by atoms with Crippen molar-refractivity contribution in [2.24, 2.45) is 5.73 Å². The van der Waals surface area contributed by atoms with Crippen LogP contribution in [0.25, 0.3) is 0 Å².